The molecule has 2 N–H and O–H groups in total. The maximum atomic E-state index is 12.7. The summed E-state index contributed by atoms with van der Waals surface area (Å²) in [5, 5.41) is 5.43. The fourth-order valence-electron chi connectivity index (χ4n) is 2.70. The molecule has 2 amide bonds. The highest BCUT2D eigenvalue weighted by Crippen LogP contribution is 2.26. The zero-order chi connectivity index (χ0) is 23.1. The van der Waals surface area contributed by atoms with Crippen molar-refractivity contribution in [3.05, 3.63) is 83.9 Å². The van der Waals surface area contributed by atoms with Gasteiger partial charge in [0, 0.05) is 16.3 Å². The molecule has 0 atom stereocenters. The Bertz CT molecular complexity index is 1080. The standard InChI is InChI=1S/C23H19F3N2O3S/c1-15-6-8-16(9-7-15)27-21(29)14-32-20-5-3-2-4-19(20)22(30)28-17-10-12-18(13-11-17)31-23(24,25)26/h2-13H,14H2,1H3,(H,27,29)(H,28,30). The van der Waals surface area contributed by atoms with Crippen LogP contribution in [0, 0.1) is 6.92 Å². The molecular weight excluding hydrogens is 441 g/mol. The number of hydrogen-bond donors (Lipinski definition) is 2. The van der Waals surface area contributed by atoms with Gasteiger partial charge in [0.2, 0.25) is 5.91 Å². The second kappa shape index (κ2) is 10.2. The first-order valence-corrected chi connectivity index (χ1v) is 10.4. The van der Waals surface area contributed by atoms with Crippen molar-refractivity contribution >= 4 is 35.0 Å². The Hall–Kier alpha value is -3.46. The lowest BCUT2D eigenvalue weighted by molar-refractivity contribution is -0.274. The Labute approximate surface area is 187 Å². The van der Waals surface area contributed by atoms with Gasteiger partial charge in [-0.3, -0.25) is 9.59 Å². The van der Waals surface area contributed by atoms with Crippen LogP contribution in [0.4, 0.5) is 24.5 Å². The number of anilines is 2. The van der Waals surface area contributed by atoms with Gasteiger partial charge in [-0.25, -0.2) is 0 Å². The number of aryl methyl sites for hydroxylation is 1. The van der Waals surface area contributed by atoms with Crippen molar-refractivity contribution in [1.29, 1.82) is 0 Å². The quantitative estimate of drug-likeness (QED) is 0.433. The lowest BCUT2D eigenvalue weighted by atomic mass is 10.2. The second-order valence-corrected chi connectivity index (χ2v) is 7.74. The molecule has 0 bridgehead atoms. The zero-order valence-corrected chi connectivity index (χ0v) is 17.7. The number of hydrogen-bond acceptors (Lipinski definition) is 4. The second-order valence-electron chi connectivity index (χ2n) is 6.73. The highest BCUT2D eigenvalue weighted by Gasteiger charge is 2.31. The lowest BCUT2D eigenvalue weighted by Gasteiger charge is -2.12. The first-order valence-electron chi connectivity index (χ1n) is 9.45. The Kier molecular flexibility index (Phi) is 7.42. The predicted molar refractivity (Wildman–Crippen MR) is 118 cm³/mol. The Morgan fingerprint density at radius 2 is 1.47 bits per heavy atom. The SMILES string of the molecule is Cc1ccc(NC(=O)CSc2ccccc2C(=O)Nc2ccc(OC(F)(F)F)cc2)cc1. The number of amides is 2. The van der Waals surface area contributed by atoms with Gasteiger partial charge in [0.25, 0.3) is 5.91 Å². The molecule has 166 valence electrons. The van der Waals surface area contributed by atoms with Crippen LogP contribution in [0.2, 0.25) is 0 Å². The topological polar surface area (TPSA) is 67.4 Å². The molecule has 3 aromatic carbocycles. The van der Waals surface area contributed by atoms with Crippen molar-refractivity contribution in [2.75, 3.05) is 16.4 Å². The summed E-state index contributed by atoms with van der Waals surface area (Å²) in [4.78, 5) is 25.5. The average Bonchev–Trinajstić information content (AvgIpc) is 2.74. The first-order chi connectivity index (χ1) is 15.2. The number of nitrogens with one attached hydrogen (secondary N) is 2. The molecule has 32 heavy (non-hydrogen) atoms. The highest BCUT2D eigenvalue weighted by atomic mass is 32.2. The van der Waals surface area contributed by atoms with Crippen LogP contribution in [-0.2, 0) is 4.79 Å². The van der Waals surface area contributed by atoms with Crippen molar-refractivity contribution < 1.29 is 27.5 Å². The summed E-state index contributed by atoms with van der Waals surface area (Å²) in [6.07, 6.45) is -4.79. The molecule has 0 radical (unpaired) electrons. The molecule has 0 aliphatic carbocycles. The van der Waals surface area contributed by atoms with Crippen LogP contribution in [-0.4, -0.2) is 23.9 Å². The van der Waals surface area contributed by atoms with E-state index in [9.17, 15) is 22.8 Å². The van der Waals surface area contributed by atoms with E-state index in [0.29, 0.717) is 21.8 Å². The van der Waals surface area contributed by atoms with Crippen LogP contribution in [0.15, 0.2) is 77.7 Å². The Morgan fingerprint density at radius 3 is 2.12 bits per heavy atom. The van der Waals surface area contributed by atoms with Crippen LogP contribution >= 0.6 is 11.8 Å². The molecule has 0 aliphatic heterocycles. The molecule has 0 spiro atoms. The molecular formula is C23H19F3N2O3S. The number of carbonyl (C=O) groups excluding carboxylic acids is 2. The van der Waals surface area contributed by atoms with Crippen molar-refractivity contribution in [2.45, 2.75) is 18.2 Å². The van der Waals surface area contributed by atoms with E-state index in [1.807, 2.05) is 31.2 Å². The Balaban J connectivity index is 1.60. The summed E-state index contributed by atoms with van der Waals surface area (Å²) in [6, 6.07) is 19.0. The molecule has 9 heteroatoms. The van der Waals surface area contributed by atoms with Gasteiger partial charge >= 0.3 is 6.36 Å². The molecule has 3 aromatic rings. The molecule has 0 saturated heterocycles. The fourth-order valence-corrected chi connectivity index (χ4v) is 3.55. The van der Waals surface area contributed by atoms with E-state index in [4.69, 9.17) is 0 Å². The van der Waals surface area contributed by atoms with Gasteiger partial charge in [-0.15, -0.1) is 24.9 Å². The maximum Gasteiger partial charge on any atom is 0.573 e. The van der Waals surface area contributed by atoms with Crippen molar-refractivity contribution in [1.82, 2.24) is 0 Å². The predicted octanol–water partition coefficient (Wildman–Crippen LogP) is 5.88. The molecule has 0 saturated carbocycles. The minimum atomic E-state index is -4.79. The van der Waals surface area contributed by atoms with Gasteiger partial charge in [0.15, 0.2) is 0 Å². The van der Waals surface area contributed by atoms with E-state index in [2.05, 4.69) is 15.4 Å². The molecule has 5 nitrogen and oxygen atoms in total. The third kappa shape index (κ3) is 7.05. The van der Waals surface area contributed by atoms with Gasteiger partial charge in [-0.2, -0.15) is 0 Å². The molecule has 0 aliphatic rings. The molecule has 3 rings (SSSR count). The zero-order valence-electron chi connectivity index (χ0n) is 16.9. The summed E-state index contributed by atoms with van der Waals surface area (Å²) < 4.78 is 40.6. The molecule has 0 unspecified atom stereocenters. The summed E-state index contributed by atoms with van der Waals surface area (Å²) >= 11 is 1.21. The van der Waals surface area contributed by atoms with E-state index in [0.717, 1.165) is 17.7 Å². The highest BCUT2D eigenvalue weighted by molar-refractivity contribution is 8.00. The largest absolute Gasteiger partial charge is 0.573 e. The fraction of sp³-hybridized carbons (Fsp3) is 0.130. The van der Waals surface area contributed by atoms with Crippen molar-refractivity contribution in [2.24, 2.45) is 0 Å². The number of thioether (sulfide) groups is 1. The van der Waals surface area contributed by atoms with Crippen LogP contribution in [0.5, 0.6) is 5.75 Å². The van der Waals surface area contributed by atoms with E-state index >= 15 is 0 Å². The number of carbonyl (C=O) groups is 2. The maximum absolute atomic E-state index is 12.7. The van der Waals surface area contributed by atoms with Crippen LogP contribution < -0.4 is 15.4 Å². The minimum Gasteiger partial charge on any atom is -0.406 e. The van der Waals surface area contributed by atoms with Crippen molar-refractivity contribution in [3.63, 3.8) is 0 Å². The minimum absolute atomic E-state index is 0.0989. The summed E-state index contributed by atoms with van der Waals surface area (Å²) in [6.45, 7) is 1.95. The van der Waals surface area contributed by atoms with Crippen LogP contribution in [0.3, 0.4) is 0 Å². The first kappa shape index (κ1) is 23.2. The van der Waals surface area contributed by atoms with E-state index in [1.54, 1.807) is 24.3 Å². The number of halogens is 3. The van der Waals surface area contributed by atoms with Crippen molar-refractivity contribution in [3.8, 4) is 5.75 Å². The van der Waals surface area contributed by atoms with E-state index < -0.39 is 12.3 Å². The summed E-state index contributed by atoms with van der Waals surface area (Å²) in [5.74, 6) is -0.946. The third-order valence-electron chi connectivity index (χ3n) is 4.17. The van der Waals surface area contributed by atoms with Crippen LogP contribution in [0.25, 0.3) is 0 Å². The average molecular weight is 460 g/mol. The third-order valence-corrected chi connectivity index (χ3v) is 5.25. The lowest BCUT2D eigenvalue weighted by Crippen LogP contribution is -2.17. The van der Waals surface area contributed by atoms with Gasteiger partial charge < -0.3 is 15.4 Å². The van der Waals surface area contributed by atoms with Gasteiger partial charge in [0.1, 0.15) is 5.75 Å². The van der Waals surface area contributed by atoms with E-state index in [-0.39, 0.29) is 17.4 Å². The van der Waals surface area contributed by atoms with Gasteiger partial charge in [-0.1, -0.05) is 29.8 Å². The number of ether oxygens (including phenoxy) is 1. The molecule has 0 aromatic heterocycles. The smallest absolute Gasteiger partial charge is 0.406 e. The summed E-state index contributed by atoms with van der Waals surface area (Å²) in [7, 11) is 0. The number of alkyl halides is 3. The monoisotopic (exact) mass is 460 g/mol. The van der Waals surface area contributed by atoms with E-state index in [1.165, 1.54) is 23.9 Å². The van der Waals surface area contributed by atoms with Gasteiger partial charge in [-0.05, 0) is 55.5 Å². The van der Waals surface area contributed by atoms with Crippen LogP contribution in [0.1, 0.15) is 15.9 Å². The molecule has 0 fully saturated rings. The number of benzene rings is 3. The van der Waals surface area contributed by atoms with Gasteiger partial charge in [0.05, 0.1) is 11.3 Å². The number of rotatable bonds is 7. The Morgan fingerprint density at radius 1 is 0.875 bits per heavy atom. The molecule has 0 heterocycles. The normalized spacial score (nSPS) is 11.0. The summed E-state index contributed by atoms with van der Waals surface area (Å²) in [5.41, 5.74) is 2.42.